The second kappa shape index (κ2) is 7.25. The molecule has 0 aliphatic rings. The first-order valence-electron chi connectivity index (χ1n) is 6.34. The lowest BCUT2D eigenvalue weighted by molar-refractivity contribution is 0.0953. The minimum absolute atomic E-state index is 0.149. The molecule has 1 aromatic carbocycles. The number of hydrogen-bond acceptors (Lipinski definition) is 4. The van der Waals surface area contributed by atoms with Gasteiger partial charge in [0.1, 0.15) is 0 Å². The lowest BCUT2D eigenvalue weighted by atomic mass is 10.1. The summed E-state index contributed by atoms with van der Waals surface area (Å²) in [5, 5.41) is 5.78. The number of hydrogen-bond donors (Lipinski definition) is 3. The molecule has 0 unspecified atom stereocenters. The number of nitrogens with one attached hydrogen (secondary N) is 3. The van der Waals surface area contributed by atoms with Crippen LogP contribution in [-0.4, -0.2) is 40.7 Å². The molecule has 0 spiro atoms. The highest BCUT2D eigenvalue weighted by atomic mass is 32.2. The SMILES string of the molecule is CNc1ccc(C(=O)NCCCNS(C)(=O)=O)c(C)c1. The second-order valence-electron chi connectivity index (χ2n) is 4.56. The average Bonchev–Trinajstić information content (AvgIpc) is 2.36. The van der Waals surface area contributed by atoms with Crippen molar-refractivity contribution in [2.24, 2.45) is 0 Å². The molecule has 20 heavy (non-hydrogen) atoms. The Balaban J connectivity index is 2.43. The van der Waals surface area contributed by atoms with Crippen molar-refractivity contribution in [3.05, 3.63) is 29.3 Å². The molecule has 0 saturated heterocycles. The van der Waals surface area contributed by atoms with E-state index in [-0.39, 0.29) is 5.91 Å². The number of benzene rings is 1. The van der Waals surface area contributed by atoms with Gasteiger partial charge in [0.15, 0.2) is 0 Å². The van der Waals surface area contributed by atoms with Crippen molar-refractivity contribution in [2.45, 2.75) is 13.3 Å². The summed E-state index contributed by atoms with van der Waals surface area (Å²) in [5.74, 6) is -0.149. The molecule has 0 atom stereocenters. The van der Waals surface area contributed by atoms with Crippen molar-refractivity contribution >= 4 is 21.6 Å². The largest absolute Gasteiger partial charge is 0.388 e. The first-order valence-corrected chi connectivity index (χ1v) is 8.24. The Morgan fingerprint density at radius 1 is 1.25 bits per heavy atom. The van der Waals surface area contributed by atoms with Crippen molar-refractivity contribution < 1.29 is 13.2 Å². The normalized spacial score (nSPS) is 11.2. The van der Waals surface area contributed by atoms with E-state index in [0.29, 0.717) is 25.1 Å². The number of carbonyl (C=O) groups excluding carboxylic acids is 1. The highest BCUT2D eigenvalue weighted by molar-refractivity contribution is 7.88. The van der Waals surface area contributed by atoms with Crippen LogP contribution < -0.4 is 15.4 Å². The molecule has 7 heteroatoms. The first-order chi connectivity index (χ1) is 9.33. The summed E-state index contributed by atoms with van der Waals surface area (Å²) in [6.07, 6.45) is 1.66. The van der Waals surface area contributed by atoms with Gasteiger partial charge in [0.2, 0.25) is 10.0 Å². The van der Waals surface area contributed by atoms with E-state index in [0.717, 1.165) is 17.5 Å². The van der Waals surface area contributed by atoms with Crippen molar-refractivity contribution in [3.8, 4) is 0 Å². The van der Waals surface area contributed by atoms with E-state index >= 15 is 0 Å². The predicted molar refractivity (Wildman–Crippen MR) is 80.5 cm³/mol. The van der Waals surface area contributed by atoms with Gasteiger partial charge < -0.3 is 10.6 Å². The Bertz CT molecular complexity index is 570. The lowest BCUT2D eigenvalue weighted by Gasteiger charge is -2.09. The van der Waals surface area contributed by atoms with E-state index in [2.05, 4.69) is 15.4 Å². The van der Waals surface area contributed by atoms with E-state index in [4.69, 9.17) is 0 Å². The molecular formula is C13H21N3O3S. The molecule has 1 aromatic rings. The summed E-state index contributed by atoms with van der Waals surface area (Å²) < 4.78 is 24.1. The van der Waals surface area contributed by atoms with Crippen molar-refractivity contribution in [3.63, 3.8) is 0 Å². The Labute approximate surface area is 120 Å². The van der Waals surface area contributed by atoms with Crippen LogP contribution in [0.15, 0.2) is 18.2 Å². The van der Waals surface area contributed by atoms with Crippen LogP contribution in [0.5, 0.6) is 0 Å². The minimum atomic E-state index is -3.16. The molecule has 0 heterocycles. The Morgan fingerprint density at radius 3 is 2.50 bits per heavy atom. The van der Waals surface area contributed by atoms with Gasteiger partial charge in [-0.05, 0) is 37.1 Å². The molecular weight excluding hydrogens is 278 g/mol. The van der Waals surface area contributed by atoms with Crippen LogP contribution >= 0.6 is 0 Å². The monoisotopic (exact) mass is 299 g/mol. The average molecular weight is 299 g/mol. The van der Waals surface area contributed by atoms with Crippen LogP contribution in [0.4, 0.5) is 5.69 Å². The quantitative estimate of drug-likeness (QED) is 0.647. The molecule has 0 saturated carbocycles. The summed E-state index contributed by atoms with van der Waals surface area (Å²) in [6, 6.07) is 5.51. The molecule has 0 aliphatic carbocycles. The molecule has 1 amide bonds. The molecule has 0 fully saturated rings. The van der Waals surface area contributed by atoms with Gasteiger partial charge in [-0.3, -0.25) is 4.79 Å². The van der Waals surface area contributed by atoms with Crippen LogP contribution in [-0.2, 0) is 10.0 Å². The first kappa shape index (κ1) is 16.5. The van der Waals surface area contributed by atoms with Crippen LogP contribution in [0, 0.1) is 6.92 Å². The van der Waals surface area contributed by atoms with E-state index < -0.39 is 10.0 Å². The van der Waals surface area contributed by atoms with E-state index in [1.54, 1.807) is 6.07 Å². The fourth-order valence-corrected chi connectivity index (χ4v) is 2.23. The second-order valence-corrected chi connectivity index (χ2v) is 6.39. The van der Waals surface area contributed by atoms with Gasteiger partial charge in [-0.2, -0.15) is 0 Å². The maximum atomic E-state index is 12.0. The molecule has 112 valence electrons. The summed E-state index contributed by atoms with van der Waals surface area (Å²) in [7, 11) is -1.34. The number of aryl methyl sites for hydroxylation is 1. The summed E-state index contributed by atoms with van der Waals surface area (Å²) in [6.45, 7) is 2.62. The fraction of sp³-hybridized carbons (Fsp3) is 0.462. The van der Waals surface area contributed by atoms with Gasteiger partial charge >= 0.3 is 0 Å². The highest BCUT2D eigenvalue weighted by Gasteiger charge is 2.08. The van der Waals surface area contributed by atoms with Crippen LogP contribution in [0.2, 0.25) is 0 Å². The van der Waals surface area contributed by atoms with Gasteiger partial charge in [0.05, 0.1) is 6.26 Å². The summed E-state index contributed by atoms with van der Waals surface area (Å²) in [4.78, 5) is 12.0. The maximum Gasteiger partial charge on any atom is 0.251 e. The number of anilines is 1. The molecule has 6 nitrogen and oxygen atoms in total. The third-order valence-corrected chi connectivity index (χ3v) is 3.49. The van der Waals surface area contributed by atoms with Crippen molar-refractivity contribution in [1.29, 1.82) is 0 Å². The molecule has 0 aliphatic heterocycles. The minimum Gasteiger partial charge on any atom is -0.388 e. The van der Waals surface area contributed by atoms with Gasteiger partial charge in [-0.1, -0.05) is 0 Å². The molecule has 1 rings (SSSR count). The highest BCUT2D eigenvalue weighted by Crippen LogP contribution is 2.14. The van der Waals surface area contributed by atoms with Crippen LogP contribution in [0.1, 0.15) is 22.3 Å². The van der Waals surface area contributed by atoms with Crippen LogP contribution in [0.3, 0.4) is 0 Å². The maximum absolute atomic E-state index is 12.0. The molecule has 0 aromatic heterocycles. The summed E-state index contributed by atoms with van der Waals surface area (Å²) in [5.41, 5.74) is 2.47. The number of sulfonamides is 1. The topological polar surface area (TPSA) is 87.3 Å². The third-order valence-electron chi connectivity index (χ3n) is 2.76. The third kappa shape index (κ3) is 5.58. The predicted octanol–water partition coefficient (Wildman–Crippen LogP) is 0.706. The number of carbonyl (C=O) groups is 1. The molecule has 0 radical (unpaired) electrons. The zero-order valence-electron chi connectivity index (χ0n) is 12.0. The number of amides is 1. The van der Waals surface area contributed by atoms with E-state index in [1.807, 2.05) is 26.1 Å². The van der Waals surface area contributed by atoms with E-state index in [1.165, 1.54) is 0 Å². The Morgan fingerprint density at radius 2 is 1.95 bits per heavy atom. The van der Waals surface area contributed by atoms with E-state index in [9.17, 15) is 13.2 Å². The number of rotatable bonds is 7. The van der Waals surface area contributed by atoms with Gasteiger partial charge in [-0.15, -0.1) is 0 Å². The van der Waals surface area contributed by atoms with Crippen molar-refractivity contribution in [2.75, 3.05) is 31.7 Å². The Kier molecular flexibility index (Phi) is 5.97. The molecule has 0 bridgehead atoms. The van der Waals surface area contributed by atoms with Crippen LogP contribution in [0.25, 0.3) is 0 Å². The van der Waals surface area contributed by atoms with Crippen molar-refractivity contribution in [1.82, 2.24) is 10.0 Å². The van der Waals surface area contributed by atoms with Gasteiger partial charge in [0, 0.05) is 31.4 Å². The zero-order valence-corrected chi connectivity index (χ0v) is 12.8. The smallest absolute Gasteiger partial charge is 0.251 e. The van der Waals surface area contributed by atoms with Gasteiger partial charge in [-0.25, -0.2) is 13.1 Å². The fourth-order valence-electron chi connectivity index (χ4n) is 1.72. The zero-order chi connectivity index (χ0) is 15.2. The molecule has 3 N–H and O–H groups in total. The summed E-state index contributed by atoms with van der Waals surface area (Å²) >= 11 is 0. The van der Waals surface area contributed by atoms with Gasteiger partial charge in [0.25, 0.3) is 5.91 Å². The Hall–Kier alpha value is -1.60. The lowest BCUT2D eigenvalue weighted by Crippen LogP contribution is -2.29. The standard InChI is InChI=1S/C13H21N3O3S/c1-10-9-11(14-2)5-6-12(10)13(17)15-7-4-8-16-20(3,18)19/h5-6,9,14,16H,4,7-8H2,1-3H3,(H,15,17).